The van der Waals surface area contributed by atoms with Gasteiger partial charge in [-0.1, -0.05) is 39.7 Å². The molecule has 1 N–H and O–H groups in total. The summed E-state index contributed by atoms with van der Waals surface area (Å²) in [5, 5.41) is 3.71. The molecule has 4 nitrogen and oxygen atoms in total. The molecule has 0 amide bonds. The Labute approximate surface area is 125 Å². The zero-order valence-electron chi connectivity index (χ0n) is 10.5. The second kappa shape index (κ2) is 6.21. The van der Waals surface area contributed by atoms with Crippen molar-refractivity contribution in [3.8, 4) is 6.01 Å². The molecule has 0 bridgehead atoms. The summed E-state index contributed by atoms with van der Waals surface area (Å²) in [4.78, 5) is 8.13. The molecule has 2 rings (SSSR count). The van der Waals surface area contributed by atoms with Crippen LogP contribution >= 0.6 is 27.5 Å². The lowest BCUT2D eigenvalue weighted by Crippen LogP contribution is -2.09. The first-order chi connectivity index (χ1) is 9.10. The van der Waals surface area contributed by atoms with Crippen molar-refractivity contribution in [2.45, 2.75) is 13.0 Å². The van der Waals surface area contributed by atoms with E-state index in [2.05, 4.69) is 31.2 Å². The fourth-order valence-electron chi connectivity index (χ4n) is 1.59. The number of nitrogens with zero attached hydrogens (tertiary/aromatic N) is 2. The average molecular weight is 343 g/mol. The van der Waals surface area contributed by atoms with E-state index in [1.165, 1.54) is 13.3 Å². The molecule has 0 aliphatic carbocycles. The van der Waals surface area contributed by atoms with Crippen LogP contribution in [-0.2, 0) is 0 Å². The van der Waals surface area contributed by atoms with Gasteiger partial charge in [0.25, 0.3) is 0 Å². The lowest BCUT2D eigenvalue weighted by Gasteiger charge is -2.16. The highest BCUT2D eigenvalue weighted by Gasteiger charge is 2.10. The van der Waals surface area contributed by atoms with Crippen LogP contribution in [0.3, 0.4) is 0 Å². The van der Waals surface area contributed by atoms with Crippen molar-refractivity contribution in [2.75, 3.05) is 12.4 Å². The molecule has 6 heteroatoms. The predicted molar refractivity (Wildman–Crippen MR) is 79.8 cm³/mol. The first kappa shape index (κ1) is 14.1. The van der Waals surface area contributed by atoms with Crippen LogP contribution in [0.15, 0.2) is 34.9 Å². The number of aromatic nitrogens is 2. The van der Waals surface area contributed by atoms with Crippen LogP contribution < -0.4 is 10.1 Å². The molecule has 2 aromatic rings. The molecule has 0 saturated heterocycles. The molecule has 1 aromatic carbocycles. The molecule has 1 heterocycles. The summed E-state index contributed by atoms with van der Waals surface area (Å²) < 4.78 is 6.03. The van der Waals surface area contributed by atoms with Crippen LogP contribution in [0, 0.1) is 0 Å². The molecule has 100 valence electrons. The fourth-order valence-corrected chi connectivity index (χ4v) is 2.00. The normalized spacial score (nSPS) is 12.0. The van der Waals surface area contributed by atoms with Gasteiger partial charge < -0.3 is 10.1 Å². The van der Waals surface area contributed by atoms with Crippen molar-refractivity contribution in [3.05, 3.63) is 45.5 Å². The second-order valence-electron chi connectivity index (χ2n) is 3.97. The highest BCUT2D eigenvalue weighted by atomic mass is 79.9. The summed E-state index contributed by atoms with van der Waals surface area (Å²) in [5.74, 6) is 0.559. The molecule has 1 aromatic heterocycles. The van der Waals surface area contributed by atoms with Gasteiger partial charge >= 0.3 is 6.01 Å². The van der Waals surface area contributed by atoms with Crippen molar-refractivity contribution >= 4 is 33.3 Å². The minimum Gasteiger partial charge on any atom is -0.467 e. The maximum absolute atomic E-state index is 6.06. The van der Waals surface area contributed by atoms with Gasteiger partial charge in [0.2, 0.25) is 0 Å². The average Bonchev–Trinajstić information content (AvgIpc) is 2.42. The Morgan fingerprint density at radius 2 is 2.00 bits per heavy atom. The van der Waals surface area contributed by atoms with E-state index in [4.69, 9.17) is 16.3 Å². The van der Waals surface area contributed by atoms with Crippen molar-refractivity contribution in [1.29, 1.82) is 0 Å². The number of anilines is 1. The summed E-state index contributed by atoms with van der Waals surface area (Å²) in [5.41, 5.74) is 1.14. The Morgan fingerprint density at radius 3 is 2.63 bits per heavy atom. The Balaban J connectivity index is 2.18. The van der Waals surface area contributed by atoms with Crippen molar-refractivity contribution < 1.29 is 4.74 Å². The monoisotopic (exact) mass is 341 g/mol. The number of hydrogen-bond acceptors (Lipinski definition) is 4. The van der Waals surface area contributed by atoms with E-state index < -0.39 is 0 Å². The third kappa shape index (κ3) is 3.58. The van der Waals surface area contributed by atoms with E-state index >= 15 is 0 Å². The molecule has 1 unspecified atom stereocenters. The molecule has 0 aliphatic heterocycles. The molecule has 19 heavy (non-hydrogen) atoms. The van der Waals surface area contributed by atoms with E-state index in [1.54, 1.807) is 0 Å². The van der Waals surface area contributed by atoms with Crippen LogP contribution in [0.5, 0.6) is 6.01 Å². The highest BCUT2D eigenvalue weighted by Crippen LogP contribution is 2.25. The minimum atomic E-state index is 0.0743. The molecule has 1 atom stereocenters. The van der Waals surface area contributed by atoms with Crippen LogP contribution in [-0.4, -0.2) is 17.1 Å². The Morgan fingerprint density at radius 1 is 1.32 bits per heavy atom. The number of ether oxygens (including phenoxy) is 1. The summed E-state index contributed by atoms with van der Waals surface area (Å²) in [6.45, 7) is 2.04. The van der Waals surface area contributed by atoms with E-state index in [1.807, 2.05) is 31.2 Å². The summed E-state index contributed by atoms with van der Waals surface area (Å²) in [7, 11) is 1.52. The molecule has 0 fully saturated rings. The van der Waals surface area contributed by atoms with Crippen molar-refractivity contribution in [2.24, 2.45) is 0 Å². The molecule has 0 radical (unpaired) electrons. The van der Waals surface area contributed by atoms with Crippen LogP contribution in [0.4, 0.5) is 5.82 Å². The highest BCUT2D eigenvalue weighted by molar-refractivity contribution is 9.10. The van der Waals surface area contributed by atoms with Gasteiger partial charge in [0.15, 0.2) is 5.82 Å². The van der Waals surface area contributed by atoms with Crippen molar-refractivity contribution in [3.63, 3.8) is 0 Å². The maximum atomic E-state index is 6.06. The smallest absolute Gasteiger partial charge is 0.318 e. The van der Waals surface area contributed by atoms with Gasteiger partial charge in [0.05, 0.1) is 13.3 Å². The Bertz CT molecular complexity index is 562. The molecule has 0 aliphatic rings. The zero-order valence-corrected chi connectivity index (χ0v) is 12.9. The Kier molecular flexibility index (Phi) is 4.61. The summed E-state index contributed by atoms with van der Waals surface area (Å²) in [6, 6.07) is 8.42. The quantitative estimate of drug-likeness (QED) is 0.909. The van der Waals surface area contributed by atoms with Crippen LogP contribution in [0.2, 0.25) is 5.02 Å². The van der Waals surface area contributed by atoms with Gasteiger partial charge in [-0.2, -0.15) is 4.98 Å². The van der Waals surface area contributed by atoms with Gasteiger partial charge in [-0.05, 0) is 24.6 Å². The van der Waals surface area contributed by atoms with Crippen LogP contribution in [0.25, 0.3) is 0 Å². The first-order valence-corrected chi connectivity index (χ1v) is 6.86. The topological polar surface area (TPSA) is 47.0 Å². The maximum Gasteiger partial charge on any atom is 0.318 e. The lowest BCUT2D eigenvalue weighted by atomic mass is 10.1. The number of benzene rings is 1. The van der Waals surface area contributed by atoms with E-state index in [0.717, 1.165) is 10.0 Å². The minimum absolute atomic E-state index is 0.0743. The third-order valence-electron chi connectivity index (χ3n) is 2.63. The Hall–Kier alpha value is -1.33. The third-order valence-corrected chi connectivity index (χ3v) is 3.43. The van der Waals surface area contributed by atoms with E-state index in [0.29, 0.717) is 10.8 Å². The molecular formula is C13H13BrClN3O. The summed E-state index contributed by atoms with van der Waals surface area (Å²) in [6.07, 6.45) is 1.52. The SMILES string of the molecule is COc1ncc(Cl)c(NC(C)c2ccc(Br)cc2)n1. The molecule has 0 spiro atoms. The van der Waals surface area contributed by atoms with Crippen LogP contribution in [0.1, 0.15) is 18.5 Å². The molecule has 0 saturated carbocycles. The van der Waals surface area contributed by atoms with E-state index in [9.17, 15) is 0 Å². The van der Waals surface area contributed by atoms with Crippen molar-refractivity contribution in [1.82, 2.24) is 9.97 Å². The zero-order chi connectivity index (χ0) is 13.8. The largest absolute Gasteiger partial charge is 0.467 e. The molecular weight excluding hydrogens is 330 g/mol. The fraction of sp³-hybridized carbons (Fsp3) is 0.231. The standard InChI is InChI=1S/C13H13BrClN3O/c1-8(9-3-5-10(14)6-4-9)17-12-11(15)7-16-13(18-12)19-2/h3-8H,1-2H3,(H,16,17,18). The lowest BCUT2D eigenvalue weighted by molar-refractivity contribution is 0.380. The first-order valence-electron chi connectivity index (χ1n) is 5.68. The van der Waals surface area contributed by atoms with Gasteiger partial charge in [0, 0.05) is 10.5 Å². The van der Waals surface area contributed by atoms with Gasteiger partial charge in [-0.3, -0.25) is 0 Å². The predicted octanol–water partition coefficient (Wildman–Crippen LogP) is 4.07. The number of hydrogen-bond donors (Lipinski definition) is 1. The summed E-state index contributed by atoms with van der Waals surface area (Å²) >= 11 is 9.47. The number of methoxy groups -OCH3 is 1. The number of rotatable bonds is 4. The van der Waals surface area contributed by atoms with Gasteiger partial charge in [-0.25, -0.2) is 4.98 Å². The van der Waals surface area contributed by atoms with Gasteiger partial charge in [-0.15, -0.1) is 0 Å². The van der Waals surface area contributed by atoms with Gasteiger partial charge in [0.1, 0.15) is 5.02 Å². The van der Waals surface area contributed by atoms with E-state index in [-0.39, 0.29) is 12.1 Å². The second-order valence-corrected chi connectivity index (χ2v) is 5.29. The number of nitrogens with one attached hydrogen (secondary N) is 1. The number of halogens is 2.